The Morgan fingerprint density at radius 2 is 2.43 bits per heavy atom. The lowest BCUT2D eigenvalue weighted by Gasteiger charge is -2.26. The Hall–Kier alpha value is -1.22. The third-order valence-electron chi connectivity index (χ3n) is 2.66. The van der Waals surface area contributed by atoms with Crippen molar-refractivity contribution >= 4 is 5.69 Å². The number of nitrogens with one attached hydrogen (secondary N) is 1. The van der Waals surface area contributed by atoms with E-state index in [1.807, 2.05) is 12.1 Å². The van der Waals surface area contributed by atoms with E-state index in [1.54, 1.807) is 7.11 Å². The topological polar surface area (TPSA) is 41.5 Å². The molecule has 0 saturated heterocycles. The van der Waals surface area contributed by atoms with Gasteiger partial charge in [-0.2, -0.15) is 0 Å². The van der Waals surface area contributed by atoms with E-state index in [0.29, 0.717) is 0 Å². The molecule has 76 valence electrons. The van der Waals surface area contributed by atoms with E-state index in [9.17, 15) is 0 Å². The van der Waals surface area contributed by atoms with Gasteiger partial charge in [-0.3, -0.25) is 0 Å². The second-order valence-corrected chi connectivity index (χ2v) is 3.56. The van der Waals surface area contributed by atoms with Gasteiger partial charge in [-0.1, -0.05) is 12.1 Å². The number of benzene rings is 1. The van der Waals surface area contributed by atoms with Gasteiger partial charge >= 0.3 is 0 Å². The number of hydrogen-bond acceptors (Lipinski definition) is 3. The lowest BCUT2D eigenvalue weighted by Crippen LogP contribution is -2.28. The lowest BCUT2D eigenvalue weighted by atomic mass is 9.98. The Bertz CT molecular complexity index is 311. The molecule has 14 heavy (non-hydrogen) atoms. The van der Waals surface area contributed by atoms with Crippen molar-refractivity contribution in [2.75, 3.05) is 19.0 Å². The van der Waals surface area contributed by atoms with Crippen molar-refractivity contribution in [3.8, 4) is 5.75 Å². The number of aryl methyl sites for hydroxylation is 1. The van der Waals surface area contributed by atoms with Gasteiger partial charge in [0.1, 0.15) is 5.75 Å². The molecule has 1 aromatic carbocycles. The van der Waals surface area contributed by atoms with Gasteiger partial charge < -0.3 is 15.2 Å². The fourth-order valence-corrected chi connectivity index (χ4v) is 1.86. The first-order chi connectivity index (χ1) is 6.85. The molecular weight excluding hydrogens is 178 g/mol. The van der Waals surface area contributed by atoms with Gasteiger partial charge in [0.15, 0.2) is 0 Å². The van der Waals surface area contributed by atoms with Crippen LogP contribution in [0.5, 0.6) is 5.75 Å². The molecule has 0 radical (unpaired) electrons. The molecule has 1 atom stereocenters. The summed E-state index contributed by atoms with van der Waals surface area (Å²) in [5, 5.41) is 12.4. The number of methoxy groups -OCH3 is 1. The summed E-state index contributed by atoms with van der Waals surface area (Å²) in [4.78, 5) is 0. The van der Waals surface area contributed by atoms with Crippen molar-refractivity contribution < 1.29 is 9.84 Å². The number of ether oxygens (including phenoxy) is 1. The molecule has 2 rings (SSSR count). The van der Waals surface area contributed by atoms with E-state index in [1.165, 1.54) is 5.56 Å². The molecule has 0 amide bonds. The monoisotopic (exact) mass is 193 g/mol. The standard InChI is InChI=1S/C11H15NO2/c1-14-10-4-2-3-8-5-6-9(7-13)12-11(8)10/h2-4,9,12-13H,5-7H2,1H3/t9-/m0/s1. The molecule has 1 aliphatic heterocycles. The Morgan fingerprint density at radius 1 is 1.57 bits per heavy atom. The van der Waals surface area contributed by atoms with Crippen LogP contribution in [-0.2, 0) is 6.42 Å². The summed E-state index contributed by atoms with van der Waals surface area (Å²) in [6, 6.07) is 6.20. The number of aliphatic hydroxyl groups is 1. The largest absolute Gasteiger partial charge is 0.495 e. The van der Waals surface area contributed by atoms with Gasteiger partial charge in [-0.05, 0) is 24.5 Å². The summed E-state index contributed by atoms with van der Waals surface area (Å²) < 4.78 is 5.26. The summed E-state index contributed by atoms with van der Waals surface area (Å²) in [5.41, 5.74) is 2.31. The van der Waals surface area contributed by atoms with Gasteiger partial charge in [0.2, 0.25) is 0 Å². The van der Waals surface area contributed by atoms with Gasteiger partial charge in [0.25, 0.3) is 0 Å². The smallest absolute Gasteiger partial charge is 0.142 e. The quantitative estimate of drug-likeness (QED) is 0.746. The molecule has 2 N–H and O–H groups in total. The minimum atomic E-state index is 0.166. The zero-order chi connectivity index (χ0) is 9.97. The lowest BCUT2D eigenvalue weighted by molar-refractivity contribution is 0.266. The highest BCUT2D eigenvalue weighted by atomic mass is 16.5. The van der Waals surface area contributed by atoms with Crippen LogP contribution in [-0.4, -0.2) is 24.9 Å². The zero-order valence-corrected chi connectivity index (χ0v) is 8.29. The van der Waals surface area contributed by atoms with Crippen LogP contribution < -0.4 is 10.1 Å². The third kappa shape index (κ3) is 1.55. The molecule has 0 unspecified atom stereocenters. The second kappa shape index (κ2) is 3.88. The number of anilines is 1. The molecule has 0 aromatic heterocycles. The summed E-state index contributed by atoms with van der Waals surface area (Å²) in [6.45, 7) is 0.178. The number of fused-ring (bicyclic) bond motifs is 1. The normalized spacial score (nSPS) is 19.7. The Labute approximate surface area is 83.7 Å². The summed E-state index contributed by atoms with van der Waals surface area (Å²) >= 11 is 0. The molecule has 3 nitrogen and oxygen atoms in total. The summed E-state index contributed by atoms with van der Waals surface area (Å²) in [5.74, 6) is 0.862. The highest BCUT2D eigenvalue weighted by Crippen LogP contribution is 2.33. The van der Waals surface area contributed by atoms with Crippen LogP contribution in [0.4, 0.5) is 5.69 Å². The van der Waals surface area contributed by atoms with Crippen LogP contribution in [0.15, 0.2) is 18.2 Å². The van der Waals surface area contributed by atoms with E-state index >= 15 is 0 Å². The van der Waals surface area contributed by atoms with E-state index in [-0.39, 0.29) is 12.6 Å². The van der Waals surface area contributed by atoms with Crippen molar-refractivity contribution in [1.82, 2.24) is 0 Å². The van der Waals surface area contributed by atoms with E-state index in [4.69, 9.17) is 9.84 Å². The third-order valence-corrected chi connectivity index (χ3v) is 2.66. The van der Waals surface area contributed by atoms with Crippen molar-refractivity contribution in [2.45, 2.75) is 18.9 Å². The molecule has 0 fully saturated rings. The first-order valence-electron chi connectivity index (χ1n) is 4.88. The molecule has 1 heterocycles. The number of para-hydroxylation sites is 1. The van der Waals surface area contributed by atoms with Crippen molar-refractivity contribution in [3.05, 3.63) is 23.8 Å². The average Bonchev–Trinajstić information content (AvgIpc) is 2.27. The van der Waals surface area contributed by atoms with Gasteiger partial charge in [0, 0.05) is 6.04 Å². The van der Waals surface area contributed by atoms with Gasteiger partial charge in [-0.25, -0.2) is 0 Å². The summed E-state index contributed by atoms with van der Waals surface area (Å²) in [6.07, 6.45) is 1.99. The second-order valence-electron chi connectivity index (χ2n) is 3.56. The highest BCUT2D eigenvalue weighted by molar-refractivity contribution is 5.64. The minimum absolute atomic E-state index is 0.166. The predicted molar refractivity (Wildman–Crippen MR) is 55.8 cm³/mol. The molecule has 0 aliphatic carbocycles. The Balaban J connectivity index is 2.33. The molecule has 0 spiro atoms. The SMILES string of the molecule is COc1cccc2c1N[C@H](CO)CC2. The highest BCUT2D eigenvalue weighted by Gasteiger charge is 2.19. The molecule has 0 saturated carbocycles. The maximum atomic E-state index is 9.08. The van der Waals surface area contributed by atoms with Crippen molar-refractivity contribution in [1.29, 1.82) is 0 Å². The maximum absolute atomic E-state index is 9.08. The Kier molecular flexibility index (Phi) is 2.59. The number of aliphatic hydroxyl groups excluding tert-OH is 1. The van der Waals surface area contributed by atoms with Crippen LogP contribution in [0.1, 0.15) is 12.0 Å². The zero-order valence-electron chi connectivity index (χ0n) is 8.29. The van der Waals surface area contributed by atoms with Crippen molar-refractivity contribution in [2.24, 2.45) is 0 Å². The Morgan fingerprint density at radius 3 is 3.14 bits per heavy atom. The minimum Gasteiger partial charge on any atom is -0.495 e. The van der Waals surface area contributed by atoms with E-state index in [0.717, 1.165) is 24.3 Å². The average molecular weight is 193 g/mol. The van der Waals surface area contributed by atoms with Gasteiger partial charge in [-0.15, -0.1) is 0 Å². The van der Waals surface area contributed by atoms with E-state index < -0.39 is 0 Å². The molecule has 1 aliphatic rings. The predicted octanol–water partition coefficient (Wildman–Crippen LogP) is 1.41. The van der Waals surface area contributed by atoms with Crippen LogP contribution >= 0.6 is 0 Å². The first-order valence-corrected chi connectivity index (χ1v) is 4.88. The first kappa shape index (κ1) is 9.34. The van der Waals surface area contributed by atoms with Gasteiger partial charge in [0.05, 0.1) is 19.4 Å². The van der Waals surface area contributed by atoms with Crippen LogP contribution in [0.25, 0.3) is 0 Å². The van der Waals surface area contributed by atoms with Crippen LogP contribution in [0, 0.1) is 0 Å². The molecule has 0 bridgehead atoms. The number of hydrogen-bond donors (Lipinski definition) is 2. The number of rotatable bonds is 2. The maximum Gasteiger partial charge on any atom is 0.142 e. The fourth-order valence-electron chi connectivity index (χ4n) is 1.86. The van der Waals surface area contributed by atoms with Crippen LogP contribution in [0.3, 0.4) is 0 Å². The van der Waals surface area contributed by atoms with Crippen LogP contribution in [0.2, 0.25) is 0 Å². The summed E-state index contributed by atoms with van der Waals surface area (Å²) in [7, 11) is 1.67. The fraction of sp³-hybridized carbons (Fsp3) is 0.455. The molecular formula is C11H15NO2. The van der Waals surface area contributed by atoms with Crippen molar-refractivity contribution in [3.63, 3.8) is 0 Å². The van der Waals surface area contributed by atoms with E-state index in [2.05, 4.69) is 11.4 Å². The molecule has 3 heteroatoms. The molecule has 1 aromatic rings.